The number of hydrogen-bond acceptors (Lipinski definition) is 6. The number of benzene rings is 2. The molecule has 5 nitrogen and oxygen atoms in total. The minimum atomic E-state index is -0.292. The summed E-state index contributed by atoms with van der Waals surface area (Å²) < 4.78 is 13.2. The summed E-state index contributed by atoms with van der Waals surface area (Å²) in [5.74, 6) is 0.921. The Kier molecular flexibility index (Phi) is 4.90. The molecule has 0 atom stereocenters. The second kappa shape index (κ2) is 7.34. The lowest BCUT2D eigenvalue weighted by molar-refractivity contribution is -0.118. The zero-order valence-corrected chi connectivity index (χ0v) is 16.9. The largest absolute Gasteiger partial charge is 0.495 e. The van der Waals surface area contributed by atoms with Gasteiger partial charge in [0.25, 0.3) is 5.91 Å². The normalized spacial score (nSPS) is 11.1. The van der Waals surface area contributed by atoms with Gasteiger partial charge < -0.3 is 14.8 Å². The molecule has 0 fully saturated rings. The molecule has 0 unspecified atom stereocenters. The molecule has 4 rings (SSSR count). The topological polar surface area (TPSA) is 60.5 Å². The second-order valence-electron chi connectivity index (χ2n) is 5.80. The molecule has 138 valence electrons. The molecule has 0 bridgehead atoms. The highest BCUT2D eigenvalue weighted by Crippen LogP contribution is 2.38. The number of nitrogens with one attached hydrogen (secondary N) is 1. The number of anilines is 1. The second-order valence-corrected chi connectivity index (χ2v) is 8.39. The van der Waals surface area contributed by atoms with Crippen molar-refractivity contribution in [3.63, 3.8) is 0 Å². The predicted molar refractivity (Wildman–Crippen MR) is 112 cm³/mol. The fraction of sp³-hybridized carbons (Fsp3) is 0.158. The quantitative estimate of drug-likeness (QED) is 0.465. The lowest BCUT2D eigenvalue weighted by Crippen LogP contribution is -2.20. The van der Waals surface area contributed by atoms with Gasteiger partial charge in [-0.05, 0) is 36.6 Å². The summed E-state index contributed by atoms with van der Waals surface area (Å²) in [5.41, 5.74) is 1.50. The Labute approximate surface area is 168 Å². The first-order chi connectivity index (χ1) is 13.0. The molecule has 0 aliphatic rings. The van der Waals surface area contributed by atoms with Crippen molar-refractivity contribution in [1.29, 1.82) is 0 Å². The highest BCUT2D eigenvalue weighted by molar-refractivity contribution is 7.21. The number of nitrogens with zero attached hydrogens (tertiary/aromatic N) is 1. The number of methoxy groups -OCH3 is 1. The van der Waals surface area contributed by atoms with Crippen molar-refractivity contribution in [2.45, 2.75) is 6.92 Å². The van der Waals surface area contributed by atoms with Crippen LogP contribution in [0, 0.1) is 6.92 Å². The van der Waals surface area contributed by atoms with Crippen molar-refractivity contribution < 1.29 is 14.3 Å². The van der Waals surface area contributed by atoms with Crippen molar-refractivity contribution in [1.82, 2.24) is 4.98 Å². The molecular formula is C19H15ClN2O3S2. The van der Waals surface area contributed by atoms with E-state index in [4.69, 9.17) is 21.1 Å². The molecule has 2 aromatic heterocycles. The van der Waals surface area contributed by atoms with Gasteiger partial charge in [0.1, 0.15) is 11.5 Å². The van der Waals surface area contributed by atoms with Crippen molar-refractivity contribution in [3.05, 3.63) is 45.7 Å². The van der Waals surface area contributed by atoms with E-state index < -0.39 is 0 Å². The van der Waals surface area contributed by atoms with E-state index in [1.165, 1.54) is 7.11 Å². The van der Waals surface area contributed by atoms with E-state index in [9.17, 15) is 4.79 Å². The van der Waals surface area contributed by atoms with Gasteiger partial charge in [-0.3, -0.25) is 4.79 Å². The number of carbonyl (C=O) groups is 1. The molecule has 0 aliphatic carbocycles. The Morgan fingerprint density at radius 3 is 2.93 bits per heavy atom. The number of ether oxygens (including phenoxy) is 2. The maximum absolute atomic E-state index is 12.4. The van der Waals surface area contributed by atoms with Gasteiger partial charge >= 0.3 is 0 Å². The zero-order valence-electron chi connectivity index (χ0n) is 14.5. The standard InChI is InChI=1S/C19H15ClN2O3S2/c1-10-21-18-16(27-10)8-15(12-5-6-26-19(12)18)25-9-17(23)22-13-7-11(20)3-4-14(13)24-2/h3-8H,9H2,1-2H3,(H,22,23). The Balaban J connectivity index is 1.55. The molecule has 1 N–H and O–H groups in total. The molecule has 2 aromatic carbocycles. The molecule has 0 radical (unpaired) electrons. The van der Waals surface area contributed by atoms with Crippen molar-refractivity contribution in [3.8, 4) is 11.5 Å². The van der Waals surface area contributed by atoms with Crippen LogP contribution in [0.5, 0.6) is 11.5 Å². The summed E-state index contributed by atoms with van der Waals surface area (Å²) in [6.07, 6.45) is 0. The number of fused-ring (bicyclic) bond motifs is 3. The van der Waals surface area contributed by atoms with Gasteiger partial charge in [-0.2, -0.15) is 0 Å². The maximum atomic E-state index is 12.4. The number of amides is 1. The minimum Gasteiger partial charge on any atom is -0.495 e. The summed E-state index contributed by atoms with van der Waals surface area (Å²) in [7, 11) is 1.54. The lowest BCUT2D eigenvalue weighted by Gasteiger charge is -2.12. The third-order valence-corrected chi connectivity index (χ3v) is 6.04. The maximum Gasteiger partial charge on any atom is 0.262 e. The first-order valence-electron chi connectivity index (χ1n) is 8.08. The fourth-order valence-electron chi connectivity index (χ4n) is 2.81. The lowest BCUT2D eigenvalue weighted by atomic mass is 10.2. The van der Waals surface area contributed by atoms with Crippen LogP contribution >= 0.6 is 34.3 Å². The van der Waals surface area contributed by atoms with E-state index in [1.807, 2.05) is 24.4 Å². The third-order valence-electron chi connectivity index (χ3n) is 3.96. The smallest absolute Gasteiger partial charge is 0.262 e. The van der Waals surface area contributed by atoms with Crippen molar-refractivity contribution >= 4 is 66.2 Å². The summed E-state index contributed by atoms with van der Waals surface area (Å²) in [6, 6.07) is 8.98. The summed E-state index contributed by atoms with van der Waals surface area (Å²) in [6.45, 7) is 1.86. The average molecular weight is 419 g/mol. The Hall–Kier alpha value is -2.35. The first-order valence-corrected chi connectivity index (χ1v) is 10.2. The molecule has 0 spiro atoms. The van der Waals surface area contributed by atoms with Crippen LogP contribution in [-0.2, 0) is 4.79 Å². The molecule has 0 aliphatic heterocycles. The summed E-state index contributed by atoms with van der Waals surface area (Å²) in [5, 5.41) is 7.26. The molecule has 27 heavy (non-hydrogen) atoms. The number of carbonyl (C=O) groups excluding carboxylic acids is 1. The van der Waals surface area contributed by atoms with Gasteiger partial charge in [0.15, 0.2) is 6.61 Å². The van der Waals surface area contributed by atoms with Crippen LogP contribution < -0.4 is 14.8 Å². The Morgan fingerprint density at radius 2 is 2.11 bits per heavy atom. The van der Waals surface area contributed by atoms with Gasteiger partial charge in [-0.15, -0.1) is 22.7 Å². The molecule has 0 saturated carbocycles. The van der Waals surface area contributed by atoms with Crippen LogP contribution in [0.15, 0.2) is 35.7 Å². The van der Waals surface area contributed by atoms with Crippen molar-refractivity contribution in [2.75, 3.05) is 19.0 Å². The van der Waals surface area contributed by atoms with Crippen LogP contribution in [-0.4, -0.2) is 24.6 Å². The van der Waals surface area contributed by atoms with Crippen LogP contribution in [0.4, 0.5) is 5.69 Å². The van der Waals surface area contributed by atoms with Crippen molar-refractivity contribution in [2.24, 2.45) is 0 Å². The highest BCUT2D eigenvalue weighted by Gasteiger charge is 2.14. The van der Waals surface area contributed by atoms with Crippen LogP contribution in [0.2, 0.25) is 5.02 Å². The van der Waals surface area contributed by atoms with Gasteiger partial charge in [0.05, 0.1) is 32.7 Å². The predicted octanol–water partition coefficient (Wildman–Crippen LogP) is 5.50. The molecule has 0 saturated heterocycles. The number of aryl methyl sites for hydroxylation is 1. The average Bonchev–Trinajstić information content (AvgIpc) is 3.25. The third kappa shape index (κ3) is 3.58. The minimum absolute atomic E-state index is 0.121. The van der Waals surface area contributed by atoms with Gasteiger partial charge in [0, 0.05) is 16.5 Å². The number of thiazole rings is 1. The van der Waals surface area contributed by atoms with Gasteiger partial charge in [0.2, 0.25) is 0 Å². The SMILES string of the molecule is COc1ccc(Cl)cc1NC(=O)COc1cc2sc(C)nc2c2sccc12. The number of halogens is 1. The number of thiophene rings is 1. The van der Waals surface area contributed by atoms with Gasteiger partial charge in [-0.25, -0.2) is 4.98 Å². The summed E-state index contributed by atoms with van der Waals surface area (Å²) >= 11 is 9.23. The van der Waals surface area contributed by atoms with E-state index in [0.717, 1.165) is 25.3 Å². The highest BCUT2D eigenvalue weighted by atomic mass is 35.5. The van der Waals surface area contributed by atoms with E-state index >= 15 is 0 Å². The van der Waals surface area contributed by atoms with E-state index in [1.54, 1.807) is 40.9 Å². The van der Waals surface area contributed by atoms with E-state index in [0.29, 0.717) is 22.2 Å². The Bertz CT molecular complexity index is 1150. The molecule has 4 aromatic rings. The van der Waals surface area contributed by atoms with Crippen LogP contribution in [0.25, 0.3) is 20.3 Å². The first kappa shape index (κ1) is 18.0. The molecule has 2 heterocycles. The van der Waals surface area contributed by atoms with Crippen LogP contribution in [0.1, 0.15) is 5.01 Å². The number of hydrogen-bond donors (Lipinski definition) is 1. The zero-order chi connectivity index (χ0) is 19.0. The number of rotatable bonds is 5. The number of aromatic nitrogens is 1. The van der Waals surface area contributed by atoms with Gasteiger partial charge in [-0.1, -0.05) is 11.6 Å². The monoisotopic (exact) mass is 418 g/mol. The molecular weight excluding hydrogens is 404 g/mol. The molecule has 1 amide bonds. The fourth-order valence-corrected chi connectivity index (χ4v) is 4.82. The molecule has 8 heteroatoms. The van der Waals surface area contributed by atoms with E-state index in [-0.39, 0.29) is 12.5 Å². The van der Waals surface area contributed by atoms with Crippen LogP contribution in [0.3, 0.4) is 0 Å². The van der Waals surface area contributed by atoms with E-state index in [2.05, 4.69) is 10.3 Å². The summed E-state index contributed by atoms with van der Waals surface area (Å²) in [4.78, 5) is 17.0. The Morgan fingerprint density at radius 1 is 1.26 bits per heavy atom.